The molecule has 1 saturated heterocycles. The second-order valence-corrected chi connectivity index (χ2v) is 6.96. The van der Waals surface area contributed by atoms with E-state index in [1.807, 2.05) is 37.8 Å². The quantitative estimate of drug-likeness (QED) is 0.745. The zero-order valence-electron chi connectivity index (χ0n) is 15.9. The van der Waals surface area contributed by atoms with Gasteiger partial charge in [0.2, 0.25) is 5.95 Å². The Morgan fingerprint density at radius 2 is 1.89 bits per heavy atom. The van der Waals surface area contributed by atoms with Gasteiger partial charge in [0.1, 0.15) is 5.69 Å². The zero-order valence-corrected chi connectivity index (χ0v) is 15.9. The van der Waals surface area contributed by atoms with Crippen LogP contribution < -0.4 is 5.32 Å². The molecule has 8 heteroatoms. The normalized spacial score (nSPS) is 17.4. The average molecular weight is 364 g/mol. The van der Waals surface area contributed by atoms with Crippen LogP contribution in [0, 0.1) is 13.8 Å². The maximum absolute atomic E-state index is 4.66. The summed E-state index contributed by atoms with van der Waals surface area (Å²) >= 11 is 0. The summed E-state index contributed by atoms with van der Waals surface area (Å²) in [6.45, 7) is 5.80. The standard InChI is InChI=1S/C19H24N8/c1-13-11-14(2)24-19(23-13)25-18-17(20-8-9-21-18)16-5-4-10-27(16)12-15-6-7-22-26(15)3/h6-9,11,16H,4-5,10,12H2,1-3H3,(H,21,23,24,25)/t16-/m0/s1. The maximum Gasteiger partial charge on any atom is 0.228 e. The van der Waals surface area contributed by atoms with Gasteiger partial charge in [-0.1, -0.05) is 0 Å². The Morgan fingerprint density at radius 1 is 1.11 bits per heavy atom. The van der Waals surface area contributed by atoms with Gasteiger partial charge in [0, 0.05) is 43.6 Å². The first kappa shape index (κ1) is 17.5. The van der Waals surface area contributed by atoms with E-state index in [1.54, 1.807) is 12.4 Å². The highest BCUT2D eigenvalue weighted by atomic mass is 15.3. The van der Waals surface area contributed by atoms with Crippen LogP contribution in [0.25, 0.3) is 0 Å². The van der Waals surface area contributed by atoms with E-state index in [2.05, 4.69) is 41.3 Å². The molecule has 0 aromatic carbocycles. The fraction of sp³-hybridized carbons (Fsp3) is 0.421. The van der Waals surface area contributed by atoms with Gasteiger partial charge in [-0.15, -0.1) is 0 Å². The molecule has 0 bridgehead atoms. The van der Waals surface area contributed by atoms with Crippen molar-refractivity contribution in [1.82, 2.24) is 34.6 Å². The number of aryl methyl sites for hydroxylation is 3. The maximum atomic E-state index is 4.66. The minimum Gasteiger partial charge on any atom is -0.307 e. The third-order valence-electron chi connectivity index (χ3n) is 4.91. The number of aromatic nitrogens is 6. The third kappa shape index (κ3) is 3.80. The number of nitrogens with one attached hydrogen (secondary N) is 1. The van der Waals surface area contributed by atoms with E-state index in [4.69, 9.17) is 0 Å². The van der Waals surface area contributed by atoms with Gasteiger partial charge >= 0.3 is 0 Å². The van der Waals surface area contributed by atoms with Gasteiger partial charge in [0.25, 0.3) is 0 Å². The number of likely N-dealkylation sites (tertiary alicyclic amines) is 1. The number of anilines is 2. The van der Waals surface area contributed by atoms with Crippen molar-refractivity contribution >= 4 is 11.8 Å². The summed E-state index contributed by atoms with van der Waals surface area (Å²) in [6.07, 6.45) is 7.49. The van der Waals surface area contributed by atoms with Gasteiger partial charge in [-0.05, 0) is 45.4 Å². The second kappa shape index (κ2) is 7.40. The monoisotopic (exact) mass is 364 g/mol. The van der Waals surface area contributed by atoms with Crippen LogP contribution in [0.3, 0.4) is 0 Å². The summed E-state index contributed by atoms with van der Waals surface area (Å²) in [5.74, 6) is 1.29. The highest BCUT2D eigenvalue weighted by molar-refractivity contribution is 5.52. The van der Waals surface area contributed by atoms with Crippen molar-refractivity contribution in [2.24, 2.45) is 7.05 Å². The molecular formula is C19H24N8. The fourth-order valence-corrected chi connectivity index (χ4v) is 3.67. The first-order chi connectivity index (χ1) is 13.1. The van der Waals surface area contributed by atoms with Gasteiger partial charge in [-0.3, -0.25) is 14.6 Å². The number of hydrogen-bond donors (Lipinski definition) is 1. The summed E-state index contributed by atoms with van der Waals surface area (Å²) in [7, 11) is 1.98. The molecule has 0 aliphatic carbocycles. The van der Waals surface area contributed by atoms with Gasteiger partial charge in [0.15, 0.2) is 5.82 Å². The van der Waals surface area contributed by atoms with Crippen LogP contribution in [0.5, 0.6) is 0 Å². The Labute approximate surface area is 158 Å². The third-order valence-corrected chi connectivity index (χ3v) is 4.91. The molecular weight excluding hydrogens is 340 g/mol. The van der Waals surface area contributed by atoms with E-state index in [-0.39, 0.29) is 6.04 Å². The molecule has 27 heavy (non-hydrogen) atoms. The molecule has 1 fully saturated rings. The molecule has 0 unspecified atom stereocenters. The molecule has 1 N–H and O–H groups in total. The molecule has 0 saturated carbocycles. The van der Waals surface area contributed by atoms with Gasteiger partial charge in [-0.25, -0.2) is 15.0 Å². The molecule has 4 heterocycles. The first-order valence-corrected chi connectivity index (χ1v) is 9.21. The van der Waals surface area contributed by atoms with Gasteiger partial charge in [0.05, 0.1) is 11.7 Å². The van der Waals surface area contributed by atoms with Gasteiger partial charge < -0.3 is 5.32 Å². The number of rotatable bonds is 5. The average Bonchev–Trinajstić information content (AvgIpc) is 3.24. The van der Waals surface area contributed by atoms with Gasteiger partial charge in [-0.2, -0.15) is 5.10 Å². The minimum absolute atomic E-state index is 0.210. The summed E-state index contributed by atoms with van der Waals surface area (Å²) < 4.78 is 1.93. The molecule has 8 nitrogen and oxygen atoms in total. The highest BCUT2D eigenvalue weighted by Gasteiger charge is 2.30. The van der Waals surface area contributed by atoms with Crippen LogP contribution in [0.2, 0.25) is 0 Å². The molecule has 3 aromatic rings. The fourth-order valence-electron chi connectivity index (χ4n) is 3.67. The van der Waals surface area contributed by atoms with Crippen molar-refractivity contribution in [3.8, 4) is 0 Å². The van der Waals surface area contributed by atoms with E-state index in [0.717, 1.165) is 48.8 Å². The molecule has 3 aromatic heterocycles. The van der Waals surface area contributed by atoms with Crippen molar-refractivity contribution in [1.29, 1.82) is 0 Å². The Balaban J connectivity index is 1.60. The van der Waals surface area contributed by atoms with E-state index < -0.39 is 0 Å². The van der Waals surface area contributed by atoms with E-state index in [1.165, 1.54) is 5.69 Å². The molecule has 0 radical (unpaired) electrons. The molecule has 0 amide bonds. The predicted molar refractivity (Wildman–Crippen MR) is 102 cm³/mol. The lowest BCUT2D eigenvalue weighted by atomic mass is 10.1. The first-order valence-electron chi connectivity index (χ1n) is 9.21. The van der Waals surface area contributed by atoms with Crippen molar-refractivity contribution in [3.05, 3.63) is 53.5 Å². The van der Waals surface area contributed by atoms with Crippen LogP contribution in [-0.2, 0) is 13.6 Å². The Hall–Kier alpha value is -2.87. The number of hydrogen-bond acceptors (Lipinski definition) is 7. The Kier molecular flexibility index (Phi) is 4.81. The Bertz CT molecular complexity index is 915. The van der Waals surface area contributed by atoms with Crippen molar-refractivity contribution in [3.63, 3.8) is 0 Å². The lowest BCUT2D eigenvalue weighted by Crippen LogP contribution is -2.25. The van der Waals surface area contributed by atoms with Crippen molar-refractivity contribution in [2.75, 3.05) is 11.9 Å². The summed E-state index contributed by atoms with van der Waals surface area (Å²) in [5.41, 5.74) is 3.99. The summed E-state index contributed by atoms with van der Waals surface area (Å²) in [5, 5.41) is 7.56. The topological polar surface area (TPSA) is 84.7 Å². The summed E-state index contributed by atoms with van der Waals surface area (Å²) in [4.78, 5) is 20.6. The molecule has 1 atom stereocenters. The van der Waals surface area contributed by atoms with Crippen LogP contribution >= 0.6 is 0 Å². The number of nitrogens with zero attached hydrogens (tertiary/aromatic N) is 7. The lowest BCUT2D eigenvalue weighted by Gasteiger charge is -2.25. The van der Waals surface area contributed by atoms with Crippen molar-refractivity contribution in [2.45, 2.75) is 39.3 Å². The van der Waals surface area contributed by atoms with Crippen LogP contribution in [-0.4, -0.2) is 41.2 Å². The lowest BCUT2D eigenvalue weighted by molar-refractivity contribution is 0.238. The zero-order chi connectivity index (χ0) is 18.8. The van der Waals surface area contributed by atoms with Crippen molar-refractivity contribution < 1.29 is 0 Å². The SMILES string of the molecule is Cc1cc(C)nc(Nc2nccnc2[C@@H]2CCCN2Cc2ccnn2C)n1. The van der Waals surface area contributed by atoms with E-state index in [0.29, 0.717) is 5.95 Å². The van der Waals surface area contributed by atoms with Crippen LogP contribution in [0.1, 0.15) is 41.7 Å². The smallest absolute Gasteiger partial charge is 0.228 e. The molecule has 4 rings (SSSR count). The molecule has 0 spiro atoms. The molecule has 1 aliphatic rings. The van der Waals surface area contributed by atoms with E-state index >= 15 is 0 Å². The largest absolute Gasteiger partial charge is 0.307 e. The van der Waals surface area contributed by atoms with Crippen LogP contribution in [0.4, 0.5) is 11.8 Å². The summed E-state index contributed by atoms with van der Waals surface area (Å²) in [6, 6.07) is 4.23. The predicted octanol–water partition coefficient (Wildman–Crippen LogP) is 2.70. The van der Waals surface area contributed by atoms with Crippen LogP contribution in [0.15, 0.2) is 30.7 Å². The molecule has 140 valence electrons. The second-order valence-electron chi connectivity index (χ2n) is 6.96. The molecule has 1 aliphatic heterocycles. The highest BCUT2D eigenvalue weighted by Crippen LogP contribution is 2.35. The Morgan fingerprint density at radius 3 is 2.63 bits per heavy atom. The minimum atomic E-state index is 0.210. The van der Waals surface area contributed by atoms with E-state index in [9.17, 15) is 0 Å².